The van der Waals surface area contributed by atoms with E-state index in [1.807, 2.05) is 56.4 Å². The van der Waals surface area contributed by atoms with Crippen molar-refractivity contribution in [1.82, 2.24) is 15.2 Å². The van der Waals surface area contributed by atoms with Gasteiger partial charge in [0.15, 0.2) is 6.04 Å². The molecule has 0 spiro atoms. The van der Waals surface area contributed by atoms with Gasteiger partial charge in [0, 0.05) is 29.2 Å². The minimum absolute atomic E-state index is 0. The fourth-order valence-corrected chi connectivity index (χ4v) is 3.85. The van der Waals surface area contributed by atoms with Gasteiger partial charge in [0.05, 0.1) is 5.75 Å². The molecule has 0 radical (unpaired) electrons. The number of amides is 1. The number of aromatic amines is 1. The topological polar surface area (TPSA) is 111 Å². The summed E-state index contributed by atoms with van der Waals surface area (Å²) < 4.78 is 5.74. The number of thioether (sulfide) groups is 1. The summed E-state index contributed by atoms with van der Waals surface area (Å²) in [5, 5.41) is 12.7. The predicted octanol–water partition coefficient (Wildman–Crippen LogP) is 0.428. The third-order valence-corrected chi connectivity index (χ3v) is 5.72. The van der Waals surface area contributed by atoms with Crippen LogP contribution in [0.5, 0.6) is 0 Å². The number of H-pyrrole nitrogens is 1. The van der Waals surface area contributed by atoms with Gasteiger partial charge in [-0.25, -0.2) is 0 Å². The zero-order chi connectivity index (χ0) is 21.1. The molecule has 0 saturated carbocycles. The average molecular weight is 458 g/mol. The monoisotopic (exact) mass is 457 g/mol. The first-order valence-corrected chi connectivity index (χ1v) is 10.7. The van der Waals surface area contributed by atoms with Gasteiger partial charge in [-0.2, -0.15) is 0 Å². The maximum absolute atomic E-state index is 12.3. The highest BCUT2D eigenvalue weighted by Crippen LogP contribution is 2.24. The van der Waals surface area contributed by atoms with Crippen molar-refractivity contribution in [2.24, 2.45) is 0 Å². The Morgan fingerprint density at radius 2 is 2.03 bits per heavy atom. The molecule has 0 unspecified atom stereocenters. The number of benzene rings is 2. The second-order valence-electron chi connectivity index (χ2n) is 7.32. The van der Waals surface area contributed by atoms with Gasteiger partial charge in [-0.3, -0.25) is 4.79 Å². The maximum Gasteiger partial charge on any atom is 0.277 e. The van der Waals surface area contributed by atoms with E-state index in [4.69, 9.17) is 4.42 Å². The standard InChI is InChI=1S/C22H23N5O2S.ClH/c1-13-7-8-14(2)19(9-13)25-20(28)12-30-22-27-26-21(29-22)17(23)10-15-11-24-18-6-4-3-5-16(15)18;/h3-9,11,17,24H,10,12,23H2,1-2H3,(H,25,28);1H/t17-;/m0./s1. The van der Waals surface area contributed by atoms with Crippen molar-refractivity contribution in [2.45, 2.75) is 31.5 Å². The van der Waals surface area contributed by atoms with Gasteiger partial charge in [0.25, 0.3) is 11.1 Å². The van der Waals surface area contributed by atoms with E-state index < -0.39 is 0 Å². The number of hydrogen-bond donors (Lipinski definition) is 3. The SMILES string of the molecule is Cc1ccc(C)c(NC(=O)CSc2nnc([C@@H]([NH3+])Cc3c[nH]c4ccccc34)o2)c1.[Cl-]. The van der Waals surface area contributed by atoms with E-state index in [0.717, 1.165) is 27.9 Å². The molecule has 0 fully saturated rings. The first-order chi connectivity index (χ1) is 14.5. The molecule has 7 nitrogen and oxygen atoms in total. The first-order valence-electron chi connectivity index (χ1n) is 9.71. The van der Waals surface area contributed by atoms with E-state index in [0.29, 0.717) is 17.5 Å². The van der Waals surface area contributed by atoms with Crippen LogP contribution in [0, 0.1) is 13.8 Å². The van der Waals surface area contributed by atoms with Crippen LogP contribution in [-0.4, -0.2) is 26.8 Å². The van der Waals surface area contributed by atoms with E-state index in [9.17, 15) is 4.79 Å². The molecule has 31 heavy (non-hydrogen) atoms. The molecular weight excluding hydrogens is 434 g/mol. The molecule has 0 aliphatic rings. The molecule has 9 heteroatoms. The molecule has 2 heterocycles. The third-order valence-electron chi connectivity index (χ3n) is 4.91. The summed E-state index contributed by atoms with van der Waals surface area (Å²) >= 11 is 1.22. The summed E-state index contributed by atoms with van der Waals surface area (Å²) in [4.78, 5) is 15.6. The number of halogens is 1. The summed E-state index contributed by atoms with van der Waals surface area (Å²) in [5.41, 5.74) is 9.37. The number of para-hydroxylation sites is 1. The highest BCUT2D eigenvalue weighted by molar-refractivity contribution is 7.99. The Hall–Kier alpha value is -2.81. The van der Waals surface area contributed by atoms with E-state index in [1.165, 1.54) is 17.1 Å². The van der Waals surface area contributed by atoms with E-state index in [-0.39, 0.29) is 30.1 Å². The maximum atomic E-state index is 12.3. The number of hydrogen-bond acceptors (Lipinski definition) is 5. The molecule has 4 aromatic rings. The lowest BCUT2D eigenvalue weighted by molar-refractivity contribution is -0.431. The second kappa shape index (κ2) is 10.00. The fraction of sp³-hybridized carbons (Fsp3) is 0.227. The van der Waals surface area contributed by atoms with Crippen LogP contribution in [0.25, 0.3) is 10.9 Å². The Morgan fingerprint density at radius 3 is 2.87 bits per heavy atom. The van der Waals surface area contributed by atoms with Gasteiger partial charge in [-0.15, -0.1) is 10.2 Å². The van der Waals surface area contributed by atoms with Crippen molar-refractivity contribution < 1.29 is 27.4 Å². The van der Waals surface area contributed by atoms with Gasteiger partial charge in [-0.05, 0) is 42.7 Å². The Kier molecular flexibility index (Phi) is 7.37. The molecule has 0 bridgehead atoms. The van der Waals surface area contributed by atoms with Gasteiger partial charge < -0.3 is 32.9 Å². The number of quaternary nitrogens is 1. The van der Waals surface area contributed by atoms with Crippen molar-refractivity contribution in [3.63, 3.8) is 0 Å². The summed E-state index contributed by atoms with van der Waals surface area (Å²) in [6.07, 6.45) is 2.68. The average Bonchev–Trinajstić information content (AvgIpc) is 3.37. The summed E-state index contributed by atoms with van der Waals surface area (Å²) in [6, 6.07) is 13.9. The lowest BCUT2D eigenvalue weighted by Gasteiger charge is -2.08. The molecule has 162 valence electrons. The van der Waals surface area contributed by atoms with Gasteiger partial charge >= 0.3 is 0 Å². The summed E-state index contributed by atoms with van der Waals surface area (Å²) in [7, 11) is 0. The van der Waals surface area contributed by atoms with Crippen LogP contribution < -0.4 is 23.5 Å². The predicted molar refractivity (Wildman–Crippen MR) is 117 cm³/mol. The largest absolute Gasteiger partial charge is 1.00 e. The van der Waals surface area contributed by atoms with Crippen LogP contribution >= 0.6 is 11.8 Å². The minimum atomic E-state index is -0.171. The Balaban J connectivity index is 0.00000272. The van der Waals surface area contributed by atoms with Crippen molar-refractivity contribution in [1.29, 1.82) is 0 Å². The molecule has 5 N–H and O–H groups in total. The number of anilines is 1. The Morgan fingerprint density at radius 1 is 1.23 bits per heavy atom. The molecule has 0 aliphatic carbocycles. The minimum Gasteiger partial charge on any atom is -1.00 e. The van der Waals surface area contributed by atoms with Gasteiger partial charge in [0.2, 0.25) is 5.91 Å². The number of rotatable bonds is 7. The number of aryl methyl sites for hydroxylation is 2. The zero-order valence-corrected chi connectivity index (χ0v) is 18.9. The number of carbonyl (C=O) groups is 1. The summed E-state index contributed by atoms with van der Waals surface area (Å²) in [5.74, 6) is 0.551. The van der Waals surface area contributed by atoms with Crippen LogP contribution in [0.15, 0.2) is 58.3 Å². The number of nitrogens with one attached hydrogen (secondary N) is 2. The van der Waals surface area contributed by atoms with Gasteiger partial charge in [0.1, 0.15) is 0 Å². The number of carbonyl (C=O) groups excluding carboxylic acids is 1. The van der Waals surface area contributed by atoms with Crippen LogP contribution in [0.1, 0.15) is 28.6 Å². The van der Waals surface area contributed by atoms with E-state index >= 15 is 0 Å². The number of aromatic nitrogens is 3. The fourth-order valence-electron chi connectivity index (χ4n) is 3.28. The van der Waals surface area contributed by atoms with E-state index in [1.54, 1.807) is 0 Å². The molecule has 2 aromatic heterocycles. The van der Waals surface area contributed by atoms with Gasteiger partial charge in [-0.1, -0.05) is 42.1 Å². The lowest BCUT2D eigenvalue weighted by Crippen LogP contribution is -3.00. The van der Waals surface area contributed by atoms with Crippen LogP contribution in [0.4, 0.5) is 5.69 Å². The molecule has 0 saturated heterocycles. The van der Waals surface area contributed by atoms with Crippen molar-refractivity contribution >= 4 is 34.3 Å². The van der Waals surface area contributed by atoms with Crippen LogP contribution in [0.2, 0.25) is 0 Å². The highest BCUT2D eigenvalue weighted by atomic mass is 35.5. The Bertz CT molecular complexity index is 1190. The lowest BCUT2D eigenvalue weighted by atomic mass is 10.1. The quantitative estimate of drug-likeness (QED) is 0.348. The molecule has 1 atom stereocenters. The number of nitrogens with zero attached hydrogens (tertiary/aromatic N) is 2. The normalized spacial score (nSPS) is 11.8. The smallest absolute Gasteiger partial charge is 0.277 e. The molecule has 4 rings (SSSR count). The molecule has 0 aliphatic heterocycles. The van der Waals surface area contributed by atoms with Crippen LogP contribution in [-0.2, 0) is 11.2 Å². The summed E-state index contributed by atoms with van der Waals surface area (Å²) in [6.45, 7) is 3.96. The van der Waals surface area contributed by atoms with Crippen molar-refractivity contribution in [3.05, 3.63) is 71.2 Å². The number of fused-ring (bicyclic) bond motifs is 1. The van der Waals surface area contributed by atoms with Crippen molar-refractivity contribution in [2.75, 3.05) is 11.1 Å². The highest BCUT2D eigenvalue weighted by Gasteiger charge is 2.20. The van der Waals surface area contributed by atoms with E-state index in [2.05, 4.69) is 32.3 Å². The zero-order valence-electron chi connectivity index (χ0n) is 17.3. The Labute approximate surface area is 190 Å². The van der Waals surface area contributed by atoms with Crippen LogP contribution in [0.3, 0.4) is 0 Å². The first kappa shape index (κ1) is 22.9. The second-order valence-corrected chi connectivity index (χ2v) is 8.25. The third kappa shape index (κ3) is 5.46. The molecular formula is C22H24ClN5O2S. The molecule has 2 aromatic carbocycles. The van der Waals surface area contributed by atoms with Crippen molar-refractivity contribution in [3.8, 4) is 0 Å². The molecule has 1 amide bonds.